The molecule has 1 aromatic carbocycles. The van der Waals surface area contributed by atoms with Gasteiger partial charge < -0.3 is 10.1 Å². The number of nitrogens with one attached hydrogen (secondary N) is 1. The molecule has 8 heteroatoms. The van der Waals surface area contributed by atoms with E-state index in [4.69, 9.17) is 4.74 Å². The lowest BCUT2D eigenvalue weighted by Gasteiger charge is -2.26. The Morgan fingerprint density at radius 3 is 2.56 bits per heavy atom. The van der Waals surface area contributed by atoms with Crippen LogP contribution in [0.5, 0.6) is 0 Å². The highest BCUT2D eigenvalue weighted by atomic mass is 19.4. The van der Waals surface area contributed by atoms with E-state index in [1.54, 1.807) is 6.92 Å². The molecule has 136 valence electrons. The van der Waals surface area contributed by atoms with Crippen molar-refractivity contribution in [2.24, 2.45) is 0 Å². The van der Waals surface area contributed by atoms with Crippen molar-refractivity contribution in [3.8, 4) is 0 Å². The molecule has 1 saturated heterocycles. The molecular weight excluding hydrogens is 333 g/mol. The Bertz CT molecular complexity index is 758. The monoisotopic (exact) mass is 354 g/mol. The number of morpholine rings is 1. The van der Waals surface area contributed by atoms with Crippen molar-refractivity contribution in [1.29, 1.82) is 0 Å². The van der Waals surface area contributed by atoms with Crippen LogP contribution in [0.4, 0.5) is 19.0 Å². The summed E-state index contributed by atoms with van der Waals surface area (Å²) < 4.78 is 44.7. The fourth-order valence-electron chi connectivity index (χ4n) is 3.00. The average Bonchev–Trinajstić information content (AvgIpc) is 2.55. The number of anilines is 1. The van der Waals surface area contributed by atoms with Crippen LogP contribution in [0.1, 0.15) is 17.0 Å². The van der Waals surface area contributed by atoms with Gasteiger partial charge in [0, 0.05) is 31.6 Å². The molecule has 0 spiro atoms. The number of ether oxygens (including phenoxy) is 1. The zero-order chi connectivity index (χ0) is 18.0. The van der Waals surface area contributed by atoms with Crippen LogP contribution >= 0.6 is 0 Å². The molecule has 1 aliphatic heterocycles. The van der Waals surface area contributed by atoms with Crippen molar-refractivity contribution in [3.63, 3.8) is 0 Å². The average molecular weight is 354 g/mol. The molecule has 0 aliphatic carbocycles. The van der Waals surface area contributed by atoms with Crippen molar-refractivity contribution >= 4 is 16.7 Å². The largest absolute Gasteiger partial charge is 0.451 e. The van der Waals surface area contributed by atoms with Crippen LogP contribution in [0.3, 0.4) is 0 Å². The van der Waals surface area contributed by atoms with Crippen LogP contribution in [0.25, 0.3) is 10.9 Å². The van der Waals surface area contributed by atoms with E-state index in [-0.39, 0.29) is 5.82 Å². The number of rotatable bonds is 4. The van der Waals surface area contributed by atoms with Gasteiger partial charge in [0.25, 0.3) is 0 Å². The van der Waals surface area contributed by atoms with E-state index >= 15 is 0 Å². The molecule has 1 aliphatic rings. The second-order valence-corrected chi connectivity index (χ2v) is 6.25. The lowest BCUT2D eigenvalue weighted by molar-refractivity contribution is -0.144. The second-order valence-electron chi connectivity index (χ2n) is 6.25. The minimum atomic E-state index is -4.58. The normalized spacial score (nSPS) is 16.4. The first kappa shape index (κ1) is 17.9. The lowest BCUT2D eigenvalue weighted by atomic mass is 10.1. The van der Waals surface area contributed by atoms with Crippen molar-refractivity contribution in [3.05, 3.63) is 29.1 Å². The molecule has 1 aromatic heterocycles. The Hall–Kier alpha value is -1.93. The summed E-state index contributed by atoms with van der Waals surface area (Å²) in [5.74, 6) is -0.877. The van der Waals surface area contributed by atoms with Gasteiger partial charge >= 0.3 is 6.18 Å². The first-order chi connectivity index (χ1) is 11.8. The highest BCUT2D eigenvalue weighted by Crippen LogP contribution is 2.31. The highest BCUT2D eigenvalue weighted by Gasteiger charge is 2.35. The molecule has 0 atom stereocenters. The Morgan fingerprint density at radius 1 is 1.16 bits per heavy atom. The molecular formula is C17H21F3N4O. The molecule has 25 heavy (non-hydrogen) atoms. The van der Waals surface area contributed by atoms with E-state index in [0.717, 1.165) is 25.2 Å². The van der Waals surface area contributed by atoms with Crippen LogP contribution in [0.15, 0.2) is 12.1 Å². The summed E-state index contributed by atoms with van der Waals surface area (Å²) in [6.07, 6.45) is -4.58. The molecule has 0 unspecified atom stereocenters. The number of benzene rings is 1. The number of alkyl halides is 3. The van der Waals surface area contributed by atoms with Crippen molar-refractivity contribution < 1.29 is 17.9 Å². The van der Waals surface area contributed by atoms with Gasteiger partial charge in [0.1, 0.15) is 5.82 Å². The van der Waals surface area contributed by atoms with E-state index in [0.29, 0.717) is 36.2 Å². The molecule has 0 bridgehead atoms. The SMILES string of the molecule is Cc1cc(C)c2nc(C(F)(F)F)nc(NCCN3CCOCC3)c2c1. The van der Waals surface area contributed by atoms with E-state index in [1.807, 2.05) is 19.1 Å². The lowest BCUT2D eigenvalue weighted by Crippen LogP contribution is -2.39. The summed E-state index contributed by atoms with van der Waals surface area (Å²) >= 11 is 0. The minimum Gasteiger partial charge on any atom is -0.379 e. The molecule has 1 fully saturated rings. The minimum absolute atomic E-state index is 0.234. The summed E-state index contributed by atoms with van der Waals surface area (Å²) in [6.45, 7) is 7.94. The van der Waals surface area contributed by atoms with E-state index in [9.17, 15) is 13.2 Å². The molecule has 0 radical (unpaired) electrons. The molecule has 0 amide bonds. The third kappa shape index (κ3) is 4.19. The maximum absolute atomic E-state index is 13.1. The third-order valence-corrected chi connectivity index (χ3v) is 4.21. The number of hydrogen-bond donors (Lipinski definition) is 1. The Kier molecular flexibility index (Phi) is 5.10. The zero-order valence-electron chi connectivity index (χ0n) is 14.3. The van der Waals surface area contributed by atoms with E-state index in [2.05, 4.69) is 20.2 Å². The first-order valence-electron chi connectivity index (χ1n) is 8.25. The van der Waals surface area contributed by atoms with Gasteiger partial charge in [0.05, 0.1) is 18.7 Å². The van der Waals surface area contributed by atoms with E-state index < -0.39 is 12.0 Å². The molecule has 3 rings (SSSR count). The number of nitrogens with zero attached hydrogens (tertiary/aromatic N) is 3. The van der Waals surface area contributed by atoms with Gasteiger partial charge in [-0.25, -0.2) is 9.97 Å². The van der Waals surface area contributed by atoms with Crippen molar-refractivity contribution in [1.82, 2.24) is 14.9 Å². The van der Waals surface area contributed by atoms with Crippen LogP contribution in [-0.4, -0.2) is 54.3 Å². The predicted octanol–water partition coefficient (Wildman–Crippen LogP) is 3.01. The summed E-state index contributed by atoms with van der Waals surface area (Å²) in [5.41, 5.74) is 2.01. The Labute approximate surface area is 144 Å². The zero-order valence-corrected chi connectivity index (χ0v) is 14.3. The van der Waals surface area contributed by atoms with Crippen LogP contribution in [0, 0.1) is 13.8 Å². The number of hydrogen-bond acceptors (Lipinski definition) is 5. The van der Waals surface area contributed by atoms with Crippen molar-refractivity contribution in [2.75, 3.05) is 44.7 Å². The van der Waals surface area contributed by atoms with Crippen LogP contribution in [-0.2, 0) is 10.9 Å². The van der Waals surface area contributed by atoms with Crippen LogP contribution < -0.4 is 5.32 Å². The maximum atomic E-state index is 13.1. The Balaban J connectivity index is 1.88. The smallest absolute Gasteiger partial charge is 0.379 e. The highest BCUT2D eigenvalue weighted by molar-refractivity contribution is 5.91. The fourth-order valence-corrected chi connectivity index (χ4v) is 3.00. The predicted molar refractivity (Wildman–Crippen MR) is 89.8 cm³/mol. The topological polar surface area (TPSA) is 50.3 Å². The van der Waals surface area contributed by atoms with Crippen LogP contribution in [0.2, 0.25) is 0 Å². The summed E-state index contributed by atoms with van der Waals surface area (Å²) in [5, 5.41) is 3.69. The summed E-state index contributed by atoms with van der Waals surface area (Å²) in [6, 6.07) is 3.65. The van der Waals surface area contributed by atoms with Crippen molar-refractivity contribution in [2.45, 2.75) is 20.0 Å². The van der Waals surface area contributed by atoms with Gasteiger partial charge in [-0.3, -0.25) is 4.90 Å². The van der Waals surface area contributed by atoms with Gasteiger partial charge in [-0.2, -0.15) is 13.2 Å². The molecule has 1 N–H and O–H groups in total. The summed E-state index contributed by atoms with van der Waals surface area (Å²) in [4.78, 5) is 9.70. The Morgan fingerprint density at radius 2 is 1.88 bits per heavy atom. The molecule has 2 heterocycles. The standard InChI is InChI=1S/C17H21F3N4O/c1-11-9-12(2)14-13(10-11)15(23-16(22-14)17(18,19)20)21-3-4-24-5-7-25-8-6-24/h9-10H,3-8H2,1-2H3,(H,21,22,23). The number of aryl methyl sites for hydroxylation is 2. The van der Waals surface area contributed by atoms with Gasteiger partial charge in [0.2, 0.25) is 5.82 Å². The molecule has 2 aromatic rings. The number of halogens is 3. The second kappa shape index (κ2) is 7.13. The van der Waals surface area contributed by atoms with Gasteiger partial charge in [-0.05, 0) is 31.0 Å². The molecule has 0 saturated carbocycles. The van der Waals surface area contributed by atoms with E-state index in [1.165, 1.54) is 0 Å². The van der Waals surface area contributed by atoms with Gasteiger partial charge in [0.15, 0.2) is 0 Å². The number of aromatic nitrogens is 2. The summed E-state index contributed by atoms with van der Waals surface area (Å²) in [7, 11) is 0. The third-order valence-electron chi connectivity index (χ3n) is 4.21. The quantitative estimate of drug-likeness (QED) is 0.915. The van der Waals surface area contributed by atoms with Gasteiger partial charge in [-0.1, -0.05) is 6.07 Å². The van der Waals surface area contributed by atoms with Gasteiger partial charge in [-0.15, -0.1) is 0 Å². The number of fused-ring (bicyclic) bond motifs is 1. The molecule has 5 nitrogen and oxygen atoms in total. The maximum Gasteiger partial charge on any atom is 0.451 e. The first-order valence-corrected chi connectivity index (χ1v) is 8.25. The fraction of sp³-hybridized carbons (Fsp3) is 0.529.